The second kappa shape index (κ2) is 2.83. The van der Waals surface area contributed by atoms with Gasteiger partial charge in [-0.3, -0.25) is 9.78 Å². The van der Waals surface area contributed by atoms with Crippen molar-refractivity contribution in [1.82, 2.24) is 4.98 Å². The van der Waals surface area contributed by atoms with E-state index in [4.69, 9.17) is 5.11 Å². The SMILES string of the molecule is Cc1ccncc1[C@@H]1C[C@H]1C(=O)O. The van der Waals surface area contributed by atoms with Crippen molar-refractivity contribution in [1.29, 1.82) is 0 Å². The second-order valence-electron chi connectivity index (χ2n) is 3.52. The normalized spacial score (nSPS) is 25.6. The first kappa shape index (κ1) is 8.23. The van der Waals surface area contributed by atoms with Crippen LogP contribution in [-0.2, 0) is 4.79 Å². The molecule has 1 saturated carbocycles. The van der Waals surface area contributed by atoms with E-state index in [1.165, 1.54) is 0 Å². The lowest BCUT2D eigenvalue weighted by Gasteiger charge is -2.01. The van der Waals surface area contributed by atoms with Gasteiger partial charge in [-0.25, -0.2) is 0 Å². The number of carboxylic acids is 1. The molecule has 0 amide bonds. The van der Waals surface area contributed by atoms with E-state index in [1.54, 1.807) is 12.4 Å². The van der Waals surface area contributed by atoms with Crippen molar-refractivity contribution in [2.75, 3.05) is 0 Å². The van der Waals surface area contributed by atoms with E-state index in [2.05, 4.69) is 4.98 Å². The number of hydrogen-bond donors (Lipinski definition) is 1. The van der Waals surface area contributed by atoms with Crippen molar-refractivity contribution in [2.24, 2.45) is 5.92 Å². The summed E-state index contributed by atoms with van der Waals surface area (Å²) in [5.74, 6) is -0.664. The van der Waals surface area contributed by atoms with Gasteiger partial charge < -0.3 is 5.11 Å². The largest absolute Gasteiger partial charge is 0.481 e. The summed E-state index contributed by atoms with van der Waals surface area (Å²) in [6.07, 6.45) is 4.28. The third-order valence-electron chi connectivity index (χ3n) is 2.59. The van der Waals surface area contributed by atoms with E-state index < -0.39 is 5.97 Å². The van der Waals surface area contributed by atoms with Crippen LogP contribution in [0.1, 0.15) is 23.5 Å². The molecular formula is C10H11NO2. The molecule has 2 rings (SSSR count). The molecule has 1 aliphatic carbocycles. The van der Waals surface area contributed by atoms with Crippen molar-refractivity contribution in [3.8, 4) is 0 Å². The Balaban J connectivity index is 2.21. The molecule has 3 heteroatoms. The number of pyridine rings is 1. The summed E-state index contributed by atoms with van der Waals surface area (Å²) < 4.78 is 0. The molecule has 1 aliphatic rings. The molecule has 0 unspecified atom stereocenters. The topological polar surface area (TPSA) is 50.2 Å². The molecule has 13 heavy (non-hydrogen) atoms. The van der Waals surface area contributed by atoms with Gasteiger partial charge >= 0.3 is 5.97 Å². The highest BCUT2D eigenvalue weighted by Gasteiger charge is 2.44. The van der Waals surface area contributed by atoms with Crippen LogP contribution in [0.15, 0.2) is 18.5 Å². The minimum Gasteiger partial charge on any atom is -0.481 e. The first-order valence-corrected chi connectivity index (χ1v) is 4.33. The second-order valence-corrected chi connectivity index (χ2v) is 3.52. The fourth-order valence-corrected chi connectivity index (χ4v) is 1.68. The molecule has 0 aromatic carbocycles. The average molecular weight is 177 g/mol. The van der Waals surface area contributed by atoms with E-state index >= 15 is 0 Å². The molecule has 3 nitrogen and oxygen atoms in total. The number of rotatable bonds is 2. The van der Waals surface area contributed by atoms with Crippen LogP contribution in [0.2, 0.25) is 0 Å². The molecule has 0 aliphatic heterocycles. The highest BCUT2D eigenvalue weighted by Crippen LogP contribution is 2.48. The van der Waals surface area contributed by atoms with E-state index in [0.717, 1.165) is 17.5 Å². The summed E-state index contributed by atoms with van der Waals surface area (Å²) in [5.41, 5.74) is 2.23. The first-order valence-electron chi connectivity index (χ1n) is 4.33. The minimum absolute atomic E-state index is 0.178. The van der Waals surface area contributed by atoms with Crippen LogP contribution in [0.25, 0.3) is 0 Å². The van der Waals surface area contributed by atoms with Crippen LogP contribution >= 0.6 is 0 Å². The lowest BCUT2D eigenvalue weighted by molar-refractivity contribution is -0.138. The summed E-state index contributed by atoms with van der Waals surface area (Å²) in [6.45, 7) is 1.99. The van der Waals surface area contributed by atoms with Crippen LogP contribution < -0.4 is 0 Å². The zero-order valence-corrected chi connectivity index (χ0v) is 7.40. The fourth-order valence-electron chi connectivity index (χ4n) is 1.68. The quantitative estimate of drug-likeness (QED) is 0.746. The predicted octanol–water partition coefficient (Wildman–Crippen LogP) is 1.58. The van der Waals surface area contributed by atoms with Gasteiger partial charge in [0.15, 0.2) is 0 Å². The Bertz CT molecular complexity index is 349. The Labute approximate surface area is 76.4 Å². The van der Waals surface area contributed by atoms with Gasteiger partial charge in [0.25, 0.3) is 0 Å². The van der Waals surface area contributed by atoms with Gasteiger partial charge in [-0.05, 0) is 36.5 Å². The summed E-state index contributed by atoms with van der Waals surface area (Å²) >= 11 is 0. The molecule has 0 saturated heterocycles. The molecule has 1 heterocycles. The van der Waals surface area contributed by atoms with E-state index in [1.807, 2.05) is 13.0 Å². The zero-order valence-electron chi connectivity index (χ0n) is 7.40. The fraction of sp³-hybridized carbons (Fsp3) is 0.400. The van der Waals surface area contributed by atoms with Crippen molar-refractivity contribution in [2.45, 2.75) is 19.3 Å². The van der Waals surface area contributed by atoms with Gasteiger partial charge in [0, 0.05) is 12.4 Å². The van der Waals surface area contributed by atoms with Gasteiger partial charge in [0.1, 0.15) is 0 Å². The summed E-state index contributed by atoms with van der Waals surface area (Å²) in [5, 5.41) is 8.76. The molecule has 68 valence electrons. The summed E-state index contributed by atoms with van der Waals surface area (Å²) in [7, 11) is 0. The number of aryl methyl sites for hydroxylation is 1. The average Bonchev–Trinajstić information content (AvgIpc) is 2.84. The highest BCUT2D eigenvalue weighted by molar-refractivity contribution is 5.75. The zero-order chi connectivity index (χ0) is 9.42. The third-order valence-corrected chi connectivity index (χ3v) is 2.59. The third kappa shape index (κ3) is 1.41. The summed E-state index contributed by atoms with van der Waals surface area (Å²) in [4.78, 5) is 14.6. The van der Waals surface area contributed by atoms with Crippen molar-refractivity contribution < 1.29 is 9.90 Å². The molecule has 2 atom stereocenters. The highest BCUT2D eigenvalue weighted by atomic mass is 16.4. The number of carbonyl (C=O) groups is 1. The Morgan fingerprint density at radius 1 is 1.69 bits per heavy atom. The van der Waals surface area contributed by atoms with Gasteiger partial charge in [-0.1, -0.05) is 0 Å². The van der Waals surface area contributed by atoms with Crippen molar-refractivity contribution >= 4 is 5.97 Å². The Morgan fingerprint density at radius 2 is 2.46 bits per heavy atom. The van der Waals surface area contributed by atoms with Gasteiger partial charge in [0.05, 0.1) is 5.92 Å². The Hall–Kier alpha value is -1.38. The predicted molar refractivity (Wildman–Crippen MR) is 47.5 cm³/mol. The molecule has 1 fully saturated rings. The Kier molecular flexibility index (Phi) is 1.79. The lowest BCUT2D eigenvalue weighted by Crippen LogP contribution is -1.99. The van der Waals surface area contributed by atoms with Gasteiger partial charge in [-0.15, -0.1) is 0 Å². The maximum atomic E-state index is 10.6. The Morgan fingerprint density at radius 3 is 3.00 bits per heavy atom. The maximum absolute atomic E-state index is 10.6. The van der Waals surface area contributed by atoms with Gasteiger partial charge in [0.2, 0.25) is 0 Å². The van der Waals surface area contributed by atoms with Crippen LogP contribution in [0.5, 0.6) is 0 Å². The van der Waals surface area contributed by atoms with E-state index in [-0.39, 0.29) is 11.8 Å². The van der Waals surface area contributed by atoms with Crippen molar-refractivity contribution in [3.05, 3.63) is 29.6 Å². The number of hydrogen-bond acceptors (Lipinski definition) is 2. The summed E-state index contributed by atoms with van der Waals surface area (Å²) in [6, 6.07) is 1.92. The van der Waals surface area contributed by atoms with Crippen LogP contribution in [0.4, 0.5) is 0 Å². The number of aromatic nitrogens is 1. The molecule has 1 aromatic rings. The molecule has 1 aromatic heterocycles. The van der Waals surface area contributed by atoms with Gasteiger partial charge in [-0.2, -0.15) is 0 Å². The molecule has 0 bridgehead atoms. The molecule has 0 spiro atoms. The van der Waals surface area contributed by atoms with E-state index in [9.17, 15) is 4.79 Å². The number of carboxylic acid groups (broad SMARTS) is 1. The minimum atomic E-state index is -0.687. The standard InChI is InChI=1S/C10H11NO2/c1-6-2-3-11-5-9(6)7-4-8(7)10(12)13/h2-3,5,7-8H,4H2,1H3,(H,12,13)/t7-,8-/m1/s1. The maximum Gasteiger partial charge on any atom is 0.307 e. The van der Waals surface area contributed by atoms with Crippen LogP contribution in [-0.4, -0.2) is 16.1 Å². The monoisotopic (exact) mass is 177 g/mol. The lowest BCUT2D eigenvalue weighted by atomic mass is 10.1. The first-order chi connectivity index (χ1) is 6.20. The van der Waals surface area contributed by atoms with Crippen LogP contribution in [0.3, 0.4) is 0 Å². The molecular weight excluding hydrogens is 166 g/mol. The smallest absolute Gasteiger partial charge is 0.307 e. The number of nitrogens with zero attached hydrogens (tertiary/aromatic N) is 1. The molecule has 1 N–H and O–H groups in total. The number of aliphatic carboxylic acids is 1. The van der Waals surface area contributed by atoms with Crippen molar-refractivity contribution in [3.63, 3.8) is 0 Å². The molecule has 0 radical (unpaired) electrons. The van der Waals surface area contributed by atoms with E-state index in [0.29, 0.717) is 0 Å². The van der Waals surface area contributed by atoms with Crippen LogP contribution in [0, 0.1) is 12.8 Å².